The standard InChI is InChI=1S/C12H17NO2/c1-14-10-4-3-9(7-11(10)15-2)12(8-13)5-6-12/h3-4,7H,5-6,8,13H2,1-2H3. The zero-order valence-electron chi connectivity index (χ0n) is 9.25. The van der Waals surface area contributed by atoms with Crippen LogP contribution in [0, 0.1) is 0 Å². The lowest BCUT2D eigenvalue weighted by molar-refractivity contribution is 0.354. The van der Waals surface area contributed by atoms with E-state index in [1.54, 1.807) is 14.2 Å². The van der Waals surface area contributed by atoms with Crippen LogP contribution in [0.5, 0.6) is 11.5 Å². The molecule has 0 amide bonds. The van der Waals surface area contributed by atoms with Gasteiger partial charge in [-0.1, -0.05) is 6.07 Å². The smallest absolute Gasteiger partial charge is 0.161 e. The minimum atomic E-state index is 0.208. The van der Waals surface area contributed by atoms with Crippen molar-refractivity contribution < 1.29 is 9.47 Å². The van der Waals surface area contributed by atoms with Crippen LogP contribution in [0.25, 0.3) is 0 Å². The summed E-state index contributed by atoms with van der Waals surface area (Å²) in [6.07, 6.45) is 2.36. The molecule has 15 heavy (non-hydrogen) atoms. The molecule has 0 aliphatic heterocycles. The summed E-state index contributed by atoms with van der Waals surface area (Å²) < 4.78 is 10.5. The number of benzene rings is 1. The Bertz CT molecular complexity index is 359. The normalized spacial score (nSPS) is 17.3. The first-order valence-corrected chi connectivity index (χ1v) is 5.18. The van der Waals surface area contributed by atoms with Gasteiger partial charge in [0.2, 0.25) is 0 Å². The van der Waals surface area contributed by atoms with Crippen LogP contribution in [0.15, 0.2) is 18.2 Å². The molecule has 0 aromatic heterocycles. The third-order valence-electron chi connectivity index (χ3n) is 3.24. The maximum atomic E-state index is 5.79. The number of hydrogen-bond donors (Lipinski definition) is 1. The summed E-state index contributed by atoms with van der Waals surface area (Å²) in [6.45, 7) is 0.711. The quantitative estimate of drug-likeness (QED) is 0.817. The van der Waals surface area contributed by atoms with E-state index in [4.69, 9.17) is 15.2 Å². The monoisotopic (exact) mass is 207 g/mol. The van der Waals surface area contributed by atoms with Crippen LogP contribution < -0.4 is 15.2 Å². The molecule has 3 nitrogen and oxygen atoms in total. The SMILES string of the molecule is COc1ccc(C2(CN)CC2)cc1OC. The molecule has 0 radical (unpaired) electrons. The van der Waals surface area contributed by atoms with Crippen molar-refractivity contribution in [1.82, 2.24) is 0 Å². The Kier molecular flexibility index (Phi) is 2.57. The maximum absolute atomic E-state index is 5.79. The molecule has 3 heteroatoms. The lowest BCUT2D eigenvalue weighted by atomic mass is 9.96. The van der Waals surface area contributed by atoms with Crippen LogP contribution in [0.3, 0.4) is 0 Å². The van der Waals surface area contributed by atoms with E-state index >= 15 is 0 Å². The molecule has 1 fully saturated rings. The van der Waals surface area contributed by atoms with E-state index in [1.807, 2.05) is 12.1 Å². The fourth-order valence-electron chi connectivity index (χ4n) is 1.93. The van der Waals surface area contributed by atoms with Crippen LogP contribution in [0.2, 0.25) is 0 Å². The average molecular weight is 207 g/mol. The fraction of sp³-hybridized carbons (Fsp3) is 0.500. The molecule has 82 valence electrons. The van der Waals surface area contributed by atoms with E-state index in [1.165, 1.54) is 18.4 Å². The van der Waals surface area contributed by atoms with E-state index in [-0.39, 0.29) is 5.41 Å². The van der Waals surface area contributed by atoms with Crippen molar-refractivity contribution in [3.8, 4) is 11.5 Å². The molecular weight excluding hydrogens is 190 g/mol. The predicted octanol–water partition coefficient (Wildman–Crippen LogP) is 1.69. The first-order chi connectivity index (χ1) is 7.25. The Hall–Kier alpha value is -1.22. The largest absolute Gasteiger partial charge is 0.493 e. The van der Waals surface area contributed by atoms with E-state index in [0.29, 0.717) is 6.54 Å². The molecule has 2 rings (SSSR count). The van der Waals surface area contributed by atoms with Crippen LogP contribution in [-0.2, 0) is 5.41 Å². The second kappa shape index (κ2) is 3.74. The molecule has 1 aliphatic carbocycles. The van der Waals surface area contributed by atoms with Crippen LogP contribution >= 0.6 is 0 Å². The van der Waals surface area contributed by atoms with Gasteiger partial charge in [0.1, 0.15) is 0 Å². The molecular formula is C12H17NO2. The zero-order chi connectivity index (χ0) is 10.9. The number of rotatable bonds is 4. The summed E-state index contributed by atoms with van der Waals surface area (Å²) in [6, 6.07) is 6.07. The van der Waals surface area contributed by atoms with E-state index in [2.05, 4.69) is 6.07 Å². The van der Waals surface area contributed by atoms with Gasteiger partial charge in [0.15, 0.2) is 11.5 Å². The van der Waals surface area contributed by atoms with Gasteiger partial charge in [0.05, 0.1) is 14.2 Å². The van der Waals surface area contributed by atoms with Gasteiger partial charge in [-0.3, -0.25) is 0 Å². The highest BCUT2D eigenvalue weighted by Gasteiger charge is 2.43. The Morgan fingerprint density at radius 2 is 1.87 bits per heavy atom. The van der Waals surface area contributed by atoms with Gasteiger partial charge in [0.25, 0.3) is 0 Å². The van der Waals surface area contributed by atoms with Crippen LogP contribution in [-0.4, -0.2) is 20.8 Å². The number of ether oxygens (including phenoxy) is 2. The van der Waals surface area contributed by atoms with Crippen molar-refractivity contribution in [3.63, 3.8) is 0 Å². The van der Waals surface area contributed by atoms with Crippen molar-refractivity contribution in [2.24, 2.45) is 5.73 Å². The lowest BCUT2D eigenvalue weighted by Gasteiger charge is -2.15. The van der Waals surface area contributed by atoms with Crippen molar-refractivity contribution >= 4 is 0 Å². The van der Waals surface area contributed by atoms with Crippen LogP contribution in [0.1, 0.15) is 18.4 Å². The molecule has 0 heterocycles. The molecule has 0 spiro atoms. The average Bonchev–Trinajstić information content (AvgIpc) is 3.09. The second-order valence-electron chi connectivity index (χ2n) is 4.05. The van der Waals surface area contributed by atoms with E-state index in [9.17, 15) is 0 Å². The third-order valence-corrected chi connectivity index (χ3v) is 3.24. The van der Waals surface area contributed by atoms with Gasteiger partial charge < -0.3 is 15.2 Å². The predicted molar refractivity (Wildman–Crippen MR) is 59.5 cm³/mol. The summed E-state index contributed by atoms with van der Waals surface area (Å²) in [5, 5.41) is 0. The Labute approximate surface area is 90.2 Å². The molecule has 0 atom stereocenters. The van der Waals surface area contributed by atoms with Crippen molar-refractivity contribution in [2.45, 2.75) is 18.3 Å². The zero-order valence-corrected chi connectivity index (χ0v) is 9.25. The summed E-state index contributed by atoms with van der Waals surface area (Å²) >= 11 is 0. The van der Waals surface area contributed by atoms with E-state index in [0.717, 1.165) is 11.5 Å². The molecule has 1 aromatic carbocycles. The summed E-state index contributed by atoms with van der Waals surface area (Å²) in [7, 11) is 3.30. The molecule has 2 N–H and O–H groups in total. The molecule has 1 aromatic rings. The Morgan fingerprint density at radius 1 is 1.20 bits per heavy atom. The molecule has 1 aliphatic rings. The third kappa shape index (κ3) is 1.67. The van der Waals surface area contributed by atoms with Gasteiger partial charge in [-0.15, -0.1) is 0 Å². The topological polar surface area (TPSA) is 44.5 Å². The number of methoxy groups -OCH3 is 2. The van der Waals surface area contributed by atoms with Crippen molar-refractivity contribution in [3.05, 3.63) is 23.8 Å². The summed E-state index contributed by atoms with van der Waals surface area (Å²) in [5.74, 6) is 1.56. The van der Waals surface area contributed by atoms with Gasteiger partial charge in [0, 0.05) is 12.0 Å². The highest BCUT2D eigenvalue weighted by molar-refractivity contribution is 5.46. The minimum absolute atomic E-state index is 0.208. The van der Waals surface area contributed by atoms with Gasteiger partial charge >= 0.3 is 0 Å². The first-order valence-electron chi connectivity index (χ1n) is 5.18. The molecule has 0 unspecified atom stereocenters. The molecule has 0 saturated heterocycles. The lowest BCUT2D eigenvalue weighted by Crippen LogP contribution is -2.19. The number of hydrogen-bond acceptors (Lipinski definition) is 3. The Morgan fingerprint density at radius 3 is 2.33 bits per heavy atom. The maximum Gasteiger partial charge on any atom is 0.161 e. The van der Waals surface area contributed by atoms with Gasteiger partial charge in [-0.2, -0.15) is 0 Å². The molecule has 1 saturated carbocycles. The second-order valence-corrected chi connectivity index (χ2v) is 4.05. The number of nitrogens with two attached hydrogens (primary N) is 1. The van der Waals surface area contributed by atoms with E-state index < -0.39 is 0 Å². The first kappa shape index (κ1) is 10.3. The van der Waals surface area contributed by atoms with Crippen molar-refractivity contribution in [1.29, 1.82) is 0 Å². The van der Waals surface area contributed by atoms with Gasteiger partial charge in [-0.05, 0) is 30.5 Å². The highest BCUT2D eigenvalue weighted by atomic mass is 16.5. The highest BCUT2D eigenvalue weighted by Crippen LogP contribution is 2.48. The summed E-state index contributed by atoms with van der Waals surface area (Å²) in [5.41, 5.74) is 7.27. The van der Waals surface area contributed by atoms with Crippen LogP contribution in [0.4, 0.5) is 0 Å². The Balaban J connectivity index is 2.35. The minimum Gasteiger partial charge on any atom is -0.493 e. The van der Waals surface area contributed by atoms with Gasteiger partial charge in [-0.25, -0.2) is 0 Å². The fourth-order valence-corrected chi connectivity index (χ4v) is 1.93. The summed E-state index contributed by atoms with van der Waals surface area (Å²) in [4.78, 5) is 0. The molecule has 0 bridgehead atoms. The van der Waals surface area contributed by atoms with Crippen molar-refractivity contribution in [2.75, 3.05) is 20.8 Å².